The van der Waals surface area contributed by atoms with E-state index in [-0.39, 0.29) is 0 Å². The van der Waals surface area contributed by atoms with Crippen molar-refractivity contribution < 1.29 is 0 Å². The molecule has 1 rings (SSSR count). The molecule has 1 aromatic heterocycles. The van der Waals surface area contributed by atoms with Gasteiger partial charge in [-0.25, -0.2) is 4.98 Å². The van der Waals surface area contributed by atoms with Gasteiger partial charge < -0.3 is 0 Å². The van der Waals surface area contributed by atoms with Gasteiger partial charge in [-0.1, -0.05) is 17.7 Å². The van der Waals surface area contributed by atoms with Crippen molar-refractivity contribution in [1.82, 2.24) is 4.98 Å². The van der Waals surface area contributed by atoms with E-state index in [9.17, 15) is 0 Å². The third kappa shape index (κ3) is 1.61. The molecule has 0 aromatic carbocycles. The maximum atomic E-state index is 5.70. The summed E-state index contributed by atoms with van der Waals surface area (Å²) in [4.78, 5) is 3.93. The smallest absolute Gasteiger partial charge is 0.133 e. The Morgan fingerprint density at radius 3 is 2.80 bits per heavy atom. The van der Waals surface area contributed by atoms with Crippen molar-refractivity contribution in [3.8, 4) is 0 Å². The average molecular weight is 176 g/mol. The number of rotatable bonds is 1. The number of aromatic nitrogens is 1. The Balaban J connectivity index is 3.09. The van der Waals surface area contributed by atoms with Gasteiger partial charge in [0.05, 0.1) is 5.88 Å². The summed E-state index contributed by atoms with van der Waals surface area (Å²) in [6.07, 6.45) is 1.72. The summed E-state index contributed by atoms with van der Waals surface area (Å²) >= 11 is 11.3. The van der Waals surface area contributed by atoms with Crippen molar-refractivity contribution in [2.75, 3.05) is 0 Å². The molecule has 10 heavy (non-hydrogen) atoms. The lowest BCUT2D eigenvalue weighted by Gasteiger charge is -1.98. The van der Waals surface area contributed by atoms with E-state index in [0.29, 0.717) is 11.0 Å². The standard InChI is InChI=1S/C7H7Cl2N/c1-5-2-6(3-8)7(9)10-4-5/h2,4H,3H2,1H3. The quantitative estimate of drug-likeness (QED) is 0.473. The molecule has 0 aliphatic carbocycles. The van der Waals surface area contributed by atoms with Gasteiger partial charge in [0.25, 0.3) is 0 Å². The zero-order chi connectivity index (χ0) is 7.56. The second-order valence-electron chi connectivity index (χ2n) is 2.10. The molecule has 0 bridgehead atoms. The molecule has 54 valence electrons. The first-order valence-corrected chi connectivity index (χ1v) is 3.82. The molecule has 0 N–H and O–H groups in total. The highest BCUT2D eigenvalue weighted by Gasteiger charge is 1.98. The van der Waals surface area contributed by atoms with Crippen molar-refractivity contribution in [1.29, 1.82) is 0 Å². The Kier molecular flexibility index (Phi) is 2.52. The Morgan fingerprint density at radius 1 is 1.60 bits per heavy atom. The number of nitrogens with zero attached hydrogens (tertiary/aromatic N) is 1. The lowest BCUT2D eigenvalue weighted by atomic mass is 10.2. The van der Waals surface area contributed by atoms with Crippen LogP contribution >= 0.6 is 23.2 Å². The van der Waals surface area contributed by atoms with Gasteiger partial charge in [0.2, 0.25) is 0 Å². The molecular weight excluding hydrogens is 169 g/mol. The summed E-state index contributed by atoms with van der Waals surface area (Å²) in [5, 5.41) is 0.501. The van der Waals surface area contributed by atoms with Gasteiger partial charge in [-0.2, -0.15) is 0 Å². The predicted molar refractivity (Wildman–Crippen MR) is 43.5 cm³/mol. The molecule has 0 amide bonds. The monoisotopic (exact) mass is 175 g/mol. The SMILES string of the molecule is Cc1cnc(Cl)c(CCl)c1. The Hall–Kier alpha value is -0.270. The fourth-order valence-electron chi connectivity index (χ4n) is 0.707. The van der Waals surface area contributed by atoms with Gasteiger partial charge in [-0.3, -0.25) is 0 Å². The van der Waals surface area contributed by atoms with Crippen molar-refractivity contribution in [2.24, 2.45) is 0 Å². The zero-order valence-corrected chi connectivity index (χ0v) is 7.08. The van der Waals surface area contributed by atoms with E-state index in [1.807, 2.05) is 13.0 Å². The minimum Gasteiger partial charge on any atom is -0.244 e. The molecule has 1 nitrogen and oxygen atoms in total. The van der Waals surface area contributed by atoms with Crippen LogP contribution in [0.3, 0.4) is 0 Å². The minimum absolute atomic E-state index is 0.424. The summed E-state index contributed by atoms with van der Waals surface area (Å²) in [7, 11) is 0. The third-order valence-electron chi connectivity index (χ3n) is 1.19. The summed E-state index contributed by atoms with van der Waals surface area (Å²) in [6, 6.07) is 1.93. The van der Waals surface area contributed by atoms with Gasteiger partial charge in [-0.15, -0.1) is 11.6 Å². The fourth-order valence-corrected chi connectivity index (χ4v) is 1.15. The molecule has 0 aliphatic rings. The van der Waals surface area contributed by atoms with Crippen LogP contribution in [0.1, 0.15) is 11.1 Å². The Labute approximate surface area is 70.0 Å². The van der Waals surface area contributed by atoms with E-state index in [1.54, 1.807) is 6.20 Å². The van der Waals surface area contributed by atoms with E-state index in [4.69, 9.17) is 23.2 Å². The highest BCUT2D eigenvalue weighted by molar-refractivity contribution is 6.31. The first-order chi connectivity index (χ1) is 4.74. The summed E-state index contributed by atoms with van der Waals surface area (Å²) in [5.41, 5.74) is 1.98. The normalized spacial score (nSPS) is 9.90. The molecule has 3 heteroatoms. The highest BCUT2D eigenvalue weighted by atomic mass is 35.5. The molecule has 0 spiro atoms. The van der Waals surface area contributed by atoms with Gasteiger partial charge in [0.15, 0.2) is 0 Å². The van der Waals surface area contributed by atoms with Crippen LogP contribution in [0.5, 0.6) is 0 Å². The third-order valence-corrected chi connectivity index (χ3v) is 1.82. The van der Waals surface area contributed by atoms with Crippen LogP contribution in [0.15, 0.2) is 12.3 Å². The number of alkyl halides is 1. The largest absolute Gasteiger partial charge is 0.244 e. The summed E-state index contributed by atoms with van der Waals surface area (Å²) in [5.74, 6) is 0.424. The Bertz CT molecular complexity index is 235. The number of pyridine rings is 1. The van der Waals surface area contributed by atoms with Crippen LogP contribution in [-0.2, 0) is 5.88 Å². The van der Waals surface area contributed by atoms with E-state index < -0.39 is 0 Å². The molecule has 0 atom stereocenters. The van der Waals surface area contributed by atoms with Gasteiger partial charge >= 0.3 is 0 Å². The molecular formula is C7H7Cl2N. The second kappa shape index (κ2) is 3.22. The van der Waals surface area contributed by atoms with Crippen molar-refractivity contribution in [3.05, 3.63) is 28.5 Å². The fraction of sp³-hybridized carbons (Fsp3) is 0.286. The second-order valence-corrected chi connectivity index (χ2v) is 2.72. The first kappa shape index (κ1) is 7.83. The number of aryl methyl sites for hydroxylation is 1. The predicted octanol–water partition coefficient (Wildman–Crippen LogP) is 2.78. The van der Waals surface area contributed by atoms with Gasteiger partial charge in [0, 0.05) is 11.8 Å². The molecule has 0 unspecified atom stereocenters. The topological polar surface area (TPSA) is 12.9 Å². The lowest BCUT2D eigenvalue weighted by Crippen LogP contribution is -1.85. The van der Waals surface area contributed by atoms with Crippen LogP contribution < -0.4 is 0 Å². The molecule has 0 fully saturated rings. The number of hydrogen-bond acceptors (Lipinski definition) is 1. The molecule has 1 heterocycles. The van der Waals surface area contributed by atoms with E-state index in [2.05, 4.69) is 4.98 Å². The molecule has 1 aromatic rings. The van der Waals surface area contributed by atoms with E-state index >= 15 is 0 Å². The van der Waals surface area contributed by atoms with Crippen LogP contribution in [0.25, 0.3) is 0 Å². The van der Waals surface area contributed by atoms with E-state index in [1.165, 1.54) is 0 Å². The zero-order valence-electron chi connectivity index (χ0n) is 5.56. The van der Waals surface area contributed by atoms with Crippen LogP contribution in [0.4, 0.5) is 0 Å². The minimum atomic E-state index is 0.424. The first-order valence-electron chi connectivity index (χ1n) is 2.91. The molecule has 0 radical (unpaired) electrons. The Morgan fingerprint density at radius 2 is 2.30 bits per heavy atom. The maximum absolute atomic E-state index is 5.70. The van der Waals surface area contributed by atoms with Crippen molar-refractivity contribution >= 4 is 23.2 Å². The molecule has 0 saturated carbocycles. The van der Waals surface area contributed by atoms with Crippen LogP contribution in [0.2, 0.25) is 5.15 Å². The number of halogens is 2. The van der Waals surface area contributed by atoms with Crippen LogP contribution in [-0.4, -0.2) is 4.98 Å². The lowest BCUT2D eigenvalue weighted by molar-refractivity contribution is 1.20. The van der Waals surface area contributed by atoms with Gasteiger partial charge in [-0.05, 0) is 12.5 Å². The molecule has 0 saturated heterocycles. The van der Waals surface area contributed by atoms with Crippen LogP contribution in [0, 0.1) is 6.92 Å². The highest BCUT2D eigenvalue weighted by Crippen LogP contribution is 2.15. The number of hydrogen-bond donors (Lipinski definition) is 0. The van der Waals surface area contributed by atoms with Crippen molar-refractivity contribution in [2.45, 2.75) is 12.8 Å². The van der Waals surface area contributed by atoms with Crippen molar-refractivity contribution in [3.63, 3.8) is 0 Å². The average Bonchev–Trinajstić information content (AvgIpc) is 1.94. The summed E-state index contributed by atoms with van der Waals surface area (Å²) in [6.45, 7) is 1.96. The summed E-state index contributed by atoms with van der Waals surface area (Å²) < 4.78 is 0. The van der Waals surface area contributed by atoms with Gasteiger partial charge in [0.1, 0.15) is 5.15 Å². The van der Waals surface area contributed by atoms with E-state index in [0.717, 1.165) is 11.1 Å². The molecule has 0 aliphatic heterocycles. The maximum Gasteiger partial charge on any atom is 0.133 e.